The highest BCUT2D eigenvalue weighted by Gasteiger charge is 2.31. The Morgan fingerprint density at radius 3 is 2.74 bits per heavy atom. The van der Waals surface area contributed by atoms with E-state index in [9.17, 15) is 4.79 Å². The predicted molar refractivity (Wildman–Crippen MR) is 101 cm³/mol. The maximum atomic E-state index is 12.9. The SMILES string of the molecule is Cc1sc2nc3n(c(=O)c2c1C)C[C@@H](Br)[C@@H](c1ccccc1)S3. The molecule has 0 aliphatic carbocycles. The summed E-state index contributed by atoms with van der Waals surface area (Å²) in [7, 11) is 0. The van der Waals surface area contributed by atoms with E-state index in [1.54, 1.807) is 23.1 Å². The summed E-state index contributed by atoms with van der Waals surface area (Å²) in [5.41, 5.74) is 2.42. The number of rotatable bonds is 1. The molecule has 0 N–H and O–H groups in total. The standard InChI is InChI=1S/C17H15BrN2OS2/c1-9-10(2)22-15-13(9)16(21)20-8-12(18)14(23-17(20)19-15)11-6-4-3-5-7-11/h3-7,12,14H,8H2,1-2H3/t12-,14-/m1/s1. The zero-order valence-electron chi connectivity index (χ0n) is 12.7. The summed E-state index contributed by atoms with van der Waals surface area (Å²) in [6.45, 7) is 4.72. The van der Waals surface area contributed by atoms with Crippen molar-refractivity contribution < 1.29 is 0 Å². The molecule has 2 atom stereocenters. The molecule has 6 heteroatoms. The van der Waals surface area contributed by atoms with Gasteiger partial charge in [-0.3, -0.25) is 9.36 Å². The third-order valence-corrected chi connectivity index (χ3v) is 7.95. The lowest BCUT2D eigenvalue weighted by Crippen LogP contribution is -2.32. The Hall–Kier alpha value is -1.11. The van der Waals surface area contributed by atoms with Gasteiger partial charge in [-0.05, 0) is 25.0 Å². The summed E-state index contributed by atoms with van der Waals surface area (Å²) in [5.74, 6) is 0. The normalized spacial score (nSPS) is 20.7. The zero-order valence-corrected chi connectivity index (χ0v) is 16.0. The van der Waals surface area contributed by atoms with Gasteiger partial charge in [0.1, 0.15) is 4.83 Å². The van der Waals surface area contributed by atoms with Crippen molar-refractivity contribution in [1.29, 1.82) is 0 Å². The van der Waals surface area contributed by atoms with Crippen LogP contribution in [0.2, 0.25) is 0 Å². The number of aryl methyl sites for hydroxylation is 2. The van der Waals surface area contributed by atoms with Gasteiger partial charge in [-0.15, -0.1) is 11.3 Å². The Labute approximate surface area is 150 Å². The van der Waals surface area contributed by atoms with Crippen LogP contribution in [-0.2, 0) is 6.54 Å². The number of benzene rings is 1. The Balaban J connectivity index is 1.87. The quantitative estimate of drug-likeness (QED) is 0.434. The first-order valence-electron chi connectivity index (χ1n) is 7.42. The molecule has 0 bridgehead atoms. The fourth-order valence-corrected chi connectivity index (χ4v) is 6.12. The first-order valence-corrected chi connectivity index (χ1v) is 10.0. The summed E-state index contributed by atoms with van der Waals surface area (Å²) in [5, 5.41) is 1.88. The third kappa shape index (κ3) is 2.47. The van der Waals surface area contributed by atoms with Crippen LogP contribution in [0.4, 0.5) is 0 Å². The second kappa shape index (κ2) is 5.76. The first-order chi connectivity index (χ1) is 11.1. The highest BCUT2D eigenvalue weighted by atomic mass is 79.9. The van der Waals surface area contributed by atoms with Crippen molar-refractivity contribution in [3.05, 3.63) is 56.7 Å². The molecule has 1 aliphatic heterocycles. The molecule has 1 aliphatic rings. The van der Waals surface area contributed by atoms with Crippen LogP contribution < -0.4 is 5.56 Å². The van der Waals surface area contributed by atoms with E-state index < -0.39 is 0 Å². The molecule has 3 aromatic rings. The first kappa shape index (κ1) is 15.4. The van der Waals surface area contributed by atoms with Gasteiger partial charge in [0.2, 0.25) is 0 Å². The lowest BCUT2D eigenvalue weighted by Gasteiger charge is -2.29. The molecule has 0 fully saturated rings. The maximum Gasteiger partial charge on any atom is 0.263 e. The van der Waals surface area contributed by atoms with Crippen molar-refractivity contribution in [3.63, 3.8) is 0 Å². The minimum atomic E-state index is 0.0929. The molecule has 1 aromatic carbocycles. The Morgan fingerprint density at radius 2 is 2.00 bits per heavy atom. The number of hydrogen-bond acceptors (Lipinski definition) is 4. The van der Waals surface area contributed by atoms with Gasteiger partial charge in [0.15, 0.2) is 5.16 Å². The molecule has 2 aromatic heterocycles. The van der Waals surface area contributed by atoms with Crippen LogP contribution in [0.1, 0.15) is 21.3 Å². The van der Waals surface area contributed by atoms with E-state index in [-0.39, 0.29) is 15.6 Å². The van der Waals surface area contributed by atoms with E-state index in [1.165, 1.54) is 10.4 Å². The van der Waals surface area contributed by atoms with Crippen LogP contribution in [0, 0.1) is 13.8 Å². The largest absolute Gasteiger partial charge is 0.286 e. The average molecular weight is 407 g/mol. The number of halogens is 1. The van der Waals surface area contributed by atoms with Crippen molar-refractivity contribution in [3.8, 4) is 0 Å². The number of alkyl halides is 1. The zero-order chi connectivity index (χ0) is 16.1. The molecule has 3 heterocycles. The summed E-state index contributed by atoms with van der Waals surface area (Å²) < 4.78 is 1.82. The minimum absolute atomic E-state index is 0.0929. The summed E-state index contributed by atoms with van der Waals surface area (Å²) in [4.78, 5) is 19.9. The summed E-state index contributed by atoms with van der Waals surface area (Å²) >= 11 is 7.07. The molecule has 3 nitrogen and oxygen atoms in total. The van der Waals surface area contributed by atoms with Crippen molar-refractivity contribution >= 4 is 49.2 Å². The summed E-state index contributed by atoms with van der Waals surface area (Å²) in [6, 6.07) is 10.4. The predicted octanol–water partition coefficient (Wildman–Crippen LogP) is 4.69. The van der Waals surface area contributed by atoms with Gasteiger partial charge in [0.25, 0.3) is 5.56 Å². The van der Waals surface area contributed by atoms with E-state index in [4.69, 9.17) is 4.98 Å². The Bertz CT molecular complexity index is 949. The minimum Gasteiger partial charge on any atom is -0.286 e. The Morgan fingerprint density at radius 1 is 1.26 bits per heavy atom. The lowest BCUT2D eigenvalue weighted by molar-refractivity contribution is 0.553. The molecule has 0 spiro atoms. The lowest BCUT2D eigenvalue weighted by atomic mass is 10.1. The van der Waals surface area contributed by atoms with E-state index >= 15 is 0 Å². The van der Waals surface area contributed by atoms with E-state index in [0.717, 1.165) is 20.9 Å². The van der Waals surface area contributed by atoms with Gasteiger partial charge in [0, 0.05) is 16.2 Å². The van der Waals surface area contributed by atoms with Crippen LogP contribution in [-0.4, -0.2) is 14.4 Å². The Kier molecular flexibility index (Phi) is 3.86. The monoisotopic (exact) mass is 406 g/mol. The van der Waals surface area contributed by atoms with Crippen LogP contribution in [0.25, 0.3) is 10.2 Å². The van der Waals surface area contributed by atoms with Crippen LogP contribution in [0.5, 0.6) is 0 Å². The van der Waals surface area contributed by atoms with Gasteiger partial charge in [-0.25, -0.2) is 4.98 Å². The molecule has 0 radical (unpaired) electrons. The second-order valence-electron chi connectivity index (χ2n) is 5.74. The number of aromatic nitrogens is 2. The van der Waals surface area contributed by atoms with Crippen LogP contribution in [0.3, 0.4) is 0 Å². The summed E-state index contributed by atoms with van der Waals surface area (Å²) in [6.07, 6.45) is 0. The topological polar surface area (TPSA) is 34.9 Å². The fraction of sp³-hybridized carbons (Fsp3) is 0.294. The third-order valence-electron chi connectivity index (χ3n) is 4.30. The number of hydrogen-bond donors (Lipinski definition) is 0. The highest BCUT2D eigenvalue weighted by molar-refractivity contribution is 9.09. The van der Waals surface area contributed by atoms with Crippen molar-refractivity contribution in [1.82, 2.24) is 9.55 Å². The maximum absolute atomic E-state index is 12.9. The number of thioether (sulfide) groups is 1. The molecule has 0 saturated heterocycles. The van der Waals surface area contributed by atoms with Crippen molar-refractivity contribution in [2.24, 2.45) is 0 Å². The molecule has 4 rings (SSSR count). The van der Waals surface area contributed by atoms with Crippen molar-refractivity contribution in [2.75, 3.05) is 0 Å². The molecular formula is C17H15BrN2OS2. The fourth-order valence-electron chi connectivity index (χ4n) is 2.94. The average Bonchev–Trinajstić information content (AvgIpc) is 2.83. The molecule has 0 amide bonds. The molecule has 0 unspecified atom stereocenters. The number of thiophene rings is 1. The molecule has 0 saturated carbocycles. The van der Waals surface area contributed by atoms with Crippen LogP contribution >= 0.6 is 39.0 Å². The molecule has 118 valence electrons. The van der Waals surface area contributed by atoms with Crippen LogP contribution in [0.15, 0.2) is 40.3 Å². The van der Waals surface area contributed by atoms with Crippen molar-refractivity contribution in [2.45, 2.75) is 35.6 Å². The van der Waals surface area contributed by atoms with Gasteiger partial charge in [-0.1, -0.05) is 58.0 Å². The van der Waals surface area contributed by atoms with E-state index in [2.05, 4.69) is 47.1 Å². The van der Waals surface area contributed by atoms with Gasteiger partial charge in [-0.2, -0.15) is 0 Å². The van der Waals surface area contributed by atoms with Gasteiger partial charge >= 0.3 is 0 Å². The van der Waals surface area contributed by atoms with Gasteiger partial charge in [0.05, 0.1) is 10.6 Å². The van der Waals surface area contributed by atoms with Gasteiger partial charge < -0.3 is 0 Å². The smallest absolute Gasteiger partial charge is 0.263 e. The number of fused-ring (bicyclic) bond motifs is 2. The molecular weight excluding hydrogens is 392 g/mol. The van der Waals surface area contributed by atoms with E-state index in [1.807, 2.05) is 17.6 Å². The van der Waals surface area contributed by atoms with E-state index in [0.29, 0.717) is 6.54 Å². The molecule has 23 heavy (non-hydrogen) atoms. The highest BCUT2D eigenvalue weighted by Crippen LogP contribution is 2.44. The number of nitrogens with zero attached hydrogens (tertiary/aromatic N) is 2. The second-order valence-corrected chi connectivity index (χ2v) is 9.23.